The molecule has 4 rings (SSSR count). The van der Waals surface area contributed by atoms with Crippen LogP contribution in [-0.2, 0) is 9.53 Å². The average Bonchev–Trinajstić information content (AvgIpc) is 3.06. The number of hydrogen-bond acceptors (Lipinski definition) is 6. The number of nitrogens with one attached hydrogen (secondary N) is 2. The third kappa shape index (κ3) is 7.54. The molecule has 1 atom stereocenters. The predicted octanol–water partition coefficient (Wildman–Crippen LogP) is 6.61. The van der Waals surface area contributed by atoms with Crippen molar-refractivity contribution in [3.05, 3.63) is 86.2 Å². The highest BCUT2D eigenvalue weighted by atomic mass is 35.5. The van der Waals surface area contributed by atoms with Gasteiger partial charge in [0.05, 0.1) is 39.8 Å². The van der Waals surface area contributed by atoms with E-state index in [-0.39, 0.29) is 33.2 Å². The summed E-state index contributed by atoms with van der Waals surface area (Å²) in [5, 5.41) is 6.13. The van der Waals surface area contributed by atoms with Crippen molar-refractivity contribution in [1.29, 1.82) is 0 Å². The van der Waals surface area contributed by atoms with E-state index in [1.54, 1.807) is 31.4 Å². The number of aliphatic imine (C=N–C) groups is 1. The van der Waals surface area contributed by atoms with Crippen LogP contribution in [0.25, 0.3) is 0 Å². The van der Waals surface area contributed by atoms with Crippen LogP contribution < -0.4 is 15.5 Å². The second-order valence-corrected chi connectivity index (χ2v) is 10.2. The zero-order chi connectivity index (χ0) is 30.3. The van der Waals surface area contributed by atoms with Crippen molar-refractivity contribution in [2.75, 3.05) is 30.5 Å². The van der Waals surface area contributed by atoms with Crippen molar-refractivity contribution in [3.63, 3.8) is 0 Å². The van der Waals surface area contributed by atoms with Gasteiger partial charge in [-0.1, -0.05) is 66.8 Å². The first-order valence-corrected chi connectivity index (χ1v) is 14.1. The van der Waals surface area contributed by atoms with Crippen LogP contribution >= 0.6 is 34.8 Å². The van der Waals surface area contributed by atoms with Gasteiger partial charge in [0.15, 0.2) is 0 Å². The molecule has 218 valence electrons. The molecule has 41 heavy (non-hydrogen) atoms. The van der Waals surface area contributed by atoms with Crippen LogP contribution in [0, 0.1) is 5.82 Å². The van der Waals surface area contributed by atoms with E-state index < -0.39 is 23.8 Å². The molecule has 1 aliphatic heterocycles. The molecule has 1 aromatic heterocycles. The maximum atomic E-state index is 14.3. The molecule has 1 aliphatic rings. The Balaban J connectivity index is 0.00000226. The van der Waals surface area contributed by atoms with Gasteiger partial charge in [0.2, 0.25) is 6.17 Å². The lowest BCUT2D eigenvalue weighted by molar-refractivity contribution is -0.117. The van der Waals surface area contributed by atoms with Gasteiger partial charge in [0.1, 0.15) is 11.6 Å². The Labute approximate surface area is 253 Å². The summed E-state index contributed by atoms with van der Waals surface area (Å²) in [5.74, 6) is -1.83. The Morgan fingerprint density at radius 3 is 2.44 bits per heavy atom. The van der Waals surface area contributed by atoms with E-state index in [4.69, 9.17) is 39.5 Å². The number of para-hydroxylation sites is 1. The van der Waals surface area contributed by atoms with Crippen molar-refractivity contribution >= 4 is 63.8 Å². The summed E-state index contributed by atoms with van der Waals surface area (Å²) in [7, 11) is 1.56. The fourth-order valence-corrected chi connectivity index (χ4v) is 5.15. The predicted molar refractivity (Wildman–Crippen MR) is 163 cm³/mol. The zero-order valence-corrected chi connectivity index (χ0v) is 25.5. The van der Waals surface area contributed by atoms with Gasteiger partial charge in [-0.25, -0.2) is 14.4 Å². The van der Waals surface area contributed by atoms with Gasteiger partial charge >= 0.3 is 0 Å². The summed E-state index contributed by atoms with van der Waals surface area (Å²) >= 11 is 19.1. The smallest absolute Gasteiger partial charge is 0.269 e. The van der Waals surface area contributed by atoms with E-state index in [0.29, 0.717) is 35.0 Å². The number of fused-ring (bicyclic) bond motifs is 1. The van der Waals surface area contributed by atoms with Crippen LogP contribution in [0.15, 0.2) is 53.7 Å². The minimum atomic E-state index is -1.41. The molecule has 0 saturated carbocycles. The minimum absolute atomic E-state index is 0.0614. The largest absolute Gasteiger partial charge is 0.383 e. The lowest BCUT2D eigenvalue weighted by Crippen LogP contribution is -2.43. The zero-order valence-electron chi connectivity index (χ0n) is 23.3. The number of anilines is 2. The molecular weight excluding hydrogens is 592 g/mol. The second-order valence-electron chi connectivity index (χ2n) is 8.94. The number of methoxy groups -OCH3 is 1. The fraction of sp³-hybridized carbons (Fsp3) is 0.310. The Kier molecular flexibility index (Phi) is 11.5. The third-order valence-corrected chi connectivity index (χ3v) is 6.78. The summed E-state index contributed by atoms with van der Waals surface area (Å²) in [4.78, 5) is 37.4. The van der Waals surface area contributed by atoms with E-state index in [1.165, 1.54) is 12.1 Å². The van der Waals surface area contributed by atoms with E-state index in [9.17, 15) is 14.0 Å². The number of carbonyl (C=O) groups is 2. The number of benzene rings is 2. The highest BCUT2D eigenvalue weighted by molar-refractivity contribution is 6.44. The molecular formula is C29H31Cl3FN5O3. The van der Waals surface area contributed by atoms with Crippen LogP contribution in [0.4, 0.5) is 15.9 Å². The van der Waals surface area contributed by atoms with E-state index in [0.717, 1.165) is 12.3 Å². The molecule has 2 amide bonds. The fourth-order valence-electron chi connectivity index (χ4n) is 4.15. The number of rotatable bonds is 8. The molecule has 0 aliphatic carbocycles. The topological polar surface area (TPSA) is 95.9 Å². The van der Waals surface area contributed by atoms with Gasteiger partial charge in [-0.3, -0.25) is 9.59 Å². The minimum Gasteiger partial charge on any atom is -0.383 e. The Bertz CT molecular complexity index is 1430. The molecule has 0 bridgehead atoms. The van der Waals surface area contributed by atoms with Crippen LogP contribution in [0.1, 0.15) is 49.2 Å². The number of amides is 2. The SMILES string of the molecule is CC.COCCN(c1ncc(F)cc1C(=O)NC1N=C(c2c(Cl)cc(Cl)cc2Cl)c2ccccc2NC1=O)C(C)C. The Hall–Kier alpha value is -3.24. The van der Waals surface area contributed by atoms with Gasteiger partial charge in [-0.15, -0.1) is 0 Å². The first-order valence-electron chi connectivity index (χ1n) is 13.0. The molecule has 0 radical (unpaired) electrons. The summed E-state index contributed by atoms with van der Waals surface area (Å²) < 4.78 is 19.5. The molecule has 12 heteroatoms. The molecule has 0 fully saturated rings. The lowest BCUT2D eigenvalue weighted by atomic mass is 10.0. The van der Waals surface area contributed by atoms with Crippen molar-refractivity contribution < 1.29 is 18.7 Å². The average molecular weight is 623 g/mol. The molecule has 3 aromatic rings. The van der Waals surface area contributed by atoms with E-state index in [2.05, 4.69) is 20.6 Å². The number of carbonyl (C=O) groups excluding carboxylic acids is 2. The molecule has 2 heterocycles. The number of pyridine rings is 1. The normalized spacial score (nSPS) is 14.2. The molecule has 2 aromatic carbocycles. The highest BCUT2D eigenvalue weighted by Gasteiger charge is 2.31. The first-order chi connectivity index (χ1) is 19.6. The number of hydrogen-bond donors (Lipinski definition) is 2. The summed E-state index contributed by atoms with van der Waals surface area (Å²) in [6.07, 6.45) is -0.380. The van der Waals surface area contributed by atoms with E-state index in [1.807, 2.05) is 32.6 Å². The molecule has 8 nitrogen and oxygen atoms in total. The van der Waals surface area contributed by atoms with Crippen LogP contribution in [0.3, 0.4) is 0 Å². The quantitative estimate of drug-likeness (QED) is 0.295. The number of nitrogens with zero attached hydrogens (tertiary/aromatic N) is 3. The summed E-state index contributed by atoms with van der Waals surface area (Å²) in [6, 6.07) is 10.9. The second kappa shape index (κ2) is 14.6. The summed E-state index contributed by atoms with van der Waals surface area (Å²) in [6.45, 7) is 8.59. The Morgan fingerprint density at radius 1 is 1.15 bits per heavy atom. The van der Waals surface area contributed by atoms with E-state index >= 15 is 0 Å². The van der Waals surface area contributed by atoms with Gasteiger partial charge in [-0.05, 0) is 38.1 Å². The standard InChI is InChI=1S/C27H25Cl3FN5O3.C2H6/c1-14(2)36(8-9-39-3)25-18(12-16(31)13-32-25)26(37)35-24-27(38)33-21-7-5-4-6-17(21)23(34-24)22-19(29)10-15(28)11-20(22)30;1-2/h4-7,10-14,24H,8-9H2,1-3H3,(H,33,38)(H,35,37);1-2H3. The van der Waals surface area contributed by atoms with Crippen LogP contribution in [0.2, 0.25) is 15.1 Å². The van der Waals surface area contributed by atoms with Gasteiger partial charge in [0, 0.05) is 35.8 Å². The van der Waals surface area contributed by atoms with Crippen LogP contribution in [0.5, 0.6) is 0 Å². The first kappa shape index (κ1) is 32.3. The van der Waals surface area contributed by atoms with Crippen LogP contribution in [-0.4, -0.2) is 55.0 Å². The lowest BCUT2D eigenvalue weighted by Gasteiger charge is -2.29. The van der Waals surface area contributed by atoms with Crippen molar-refractivity contribution in [2.24, 2.45) is 4.99 Å². The molecule has 0 spiro atoms. The number of halogens is 4. The summed E-state index contributed by atoms with van der Waals surface area (Å²) in [5.41, 5.74) is 1.52. The molecule has 2 N–H and O–H groups in total. The van der Waals surface area contributed by atoms with Crippen molar-refractivity contribution in [2.45, 2.75) is 39.9 Å². The maximum Gasteiger partial charge on any atom is 0.269 e. The van der Waals surface area contributed by atoms with Crippen molar-refractivity contribution in [3.8, 4) is 0 Å². The Morgan fingerprint density at radius 2 is 1.80 bits per heavy atom. The number of ether oxygens (including phenoxy) is 1. The third-order valence-electron chi connectivity index (χ3n) is 5.97. The van der Waals surface area contributed by atoms with Crippen molar-refractivity contribution in [1.82, 2.24) is 10.3 Å². The number of benzodiazepines with no additional fused rings is 1. The van der Waals surface area contributed by atoms with Gasteiger partial charge in [0.25, 0.3) is 11.8 Å². The highest BCUT2D eigenvalue weighted by Crippen LogP contribution is 2.34. The maximum absolute atomic E-state index is 14.3. The number of aromatic nitrogens is 1. The monoisotopic (exact) mass is 621 g/mol. The molecule has 0 saturated heterocycles. The van der Waals surface area contributed by atoms with Gasteiger partial charge < -0.3 is 20.3 Å². The molecule has 1 unspecified atom stereocenters. The van der Waals surface area contributed by atoms with Gasteiger partial charge in [-0.2, -0.15) is 0 Å².